The maximum absolute atomic E-state index is 5.84. The smallest absolute Gasteiger partial charge is 0.0721 e. The summed E-state index contributed by atoms with van der Waals surface area (Å²) in [5, 5.41) is 0. The molecule has 2 aromatic rings. The molecule has 1 unspecified atom stereocenters. The fourth-order valence-electron chi connectivity index (χ4n) is 2.62. The van der Waals surface area contributed by atoms with Gasteiger partial charge in [-0.3, -0.25) is 5.84 Å². The number of hydrazine groups is 1. The molecule has 21 heavy (non-hydrogen) atoms. The Hall–Kier alpha value is -1.16. The van der Waals surface area contributed by atoms with Crippen LogP contribution in [0.5, 0.6) is 0 Å². The van der Waals surface area contributed by atoms with Crippen LogP contribution in [0.2, 0.25) is 0 Å². The summed E-state index contributed by atoms with van der Waals surface area (Å²) < 4.78 is 1.07. The third-order valence-electron chi connectivity index (χ3n) is 3.56. The van der Waals surface area contributed by atoms with Crippen LogP contribution in [0.1, 0.15) is 42.1 Å². The average molecular weight is 347 g/mol. The first-order chi connectivity index (χ1) is 10.0. The van der Waals surface area contributed by atoms with Gasteiger partial charge in [0.05, 0.1) is 6.04 Å². The Bertz CT molecular complexity index is 608. The molecule has 0 aliphatic heterocycles. The lowest BCUT2D eigenvalue weighted by molar-refractivity contribution is 0.626. The number of nitrogens with one attached hydrogen (secondary N) is 1. The van der Waals surface area contributed by atoms with Crippen molar-refractivity contribution in [2.24, 2.45) is 11.8 Å². The number of halogens is 1. The molecule has 0 fully saturated rings. The predicted octanol–water partition coefficient (Wildman–Crippen LogP) is 4.51. The first kappa shape index (κ1) is 16.2. The first-order valence-electron chi connectivity index (χ1n) is 7.32. The summed E-state index contributed by atoms with van der Waals surface area (Å²) in [5.74, 6) is 6.48. The summed E-state index contributed by atoms with van der Waals surface area (Å²) in [6.07, 6.45) is 1.08. The topological polar surface area (TPSA) is 38.0 Å². The van der Waals surface area contributed by atoms with E-state index in [9.17, 15) is 0 Å². The molecule has 0 amide bonds. The van der Waals surface area contributed by atoms with Crippen molar-refractivity contribution in [3.05, 3.63) is 69.2 Å². The quantitative estimate of drug-likeness (QED) is 0.617. The van der Waals surface area contributed by atoms with Crippen molar-refractivity contribution in [3.8, 4) is 0 Å². The van der Waals surface area contributed by atoms with Gasteiger partial charge in [0.2, 0.25) is 0 Å². The van der Waals surface area contributed by atoms with Gasteiger partial charge in [-0.05, 0) is 42.0 Å². The lowest BCUT2D eigenvalue weighted by Gasteiger charge is -2.20. The van der Waals surface area contributed by atoms with E-state index in [4.69, 9.17) is 5.84 Å². The van der Waals surface area contributed by atoms with E-state index in [0.29, 0.717) is 5.92 Å². The number of hydrogen-bond acceptors (Lipinski definition) is 2. The molecule has 2 nitrogen and oxygen atoms in total. The summed E-state index contributed by atoms with van der Waals surface area (Å²) in [6, 6.07) is 15.0. The molecule has 0 aromatic heterocycles. The highest BCUT2D eigenvalue weighted by atomic mass is 79.9. The van der Waals surface area contributed by atoms with Crippen LogP contribution < -0.4 is 11.3 Å². The van der Waals surface area contributed by atoms with Gasteiger partial charge in [0.15, 0.2) is 0 Å². The average Bonchev–Trinajstić information content (AvgIpc) is 2.43. The minimum Gasteiger partial charge on any atom is -0.271 e. The van der Waals surface area contributed by atoms with E-state index in [1.165, 1.54) is 22.3 Å². The zero-order valence-electron chi connectivity index (χ0n) is 12.9. The summed E-state index contributed by atoms with van der Waals surface area (Å²) in [7, 11) is 0. The summed E-state index contributed by atoms with van der Waals surface area (Å²) in [5.41, 5.74) is 7.90. The molecule has 0 saturated carbocycles. The molecule has 0 saturated heterocycles. The van der Waals surface area contributed by atoms with Crippen LogP contribution in [0.4, 0.5) is 0 Å². The van der Waals surface area contributed by atoms with Crippen molar-refractivity contribution in [2.45, 2.75) is 33.2 Å². The number of benzene rings is 2. The Morgan fingerprint density at radius 1 is 1.14 bits per heavy atom. The van der Waals surface area contributed by atoms with E-state index in [0.717, 1.165) is 10.9 Å². The normalized spacial score (nSPS) is 12.7. The van der Waals surface area contributed by atoms with E-state index in [-0.39, 0.29) is 6.04 Å². The predicted molar refractivity (Wildman–Crippen MR) is 93.0 cm³/mol. The molecule has 3 N–H and O–H groups in total. The molecule has 3 heteroatoms. The van der Waals surface area contributed by atoms with Gasteiger partial charge in [-0.25, -0.2) is 5.43 Å². The molecule has 2 rings (SSSR count). The van der Waals surface area contributed by atoms with Gasteiger partial charge in [0.25, 0.3) is 0 Å². The minimum absolute atomic E-state index is 0.00797. The summed E-state index contributed by atoms with van der Waals surface area (Å²) in [4.78, 5) is 0. The molecule has 1 atom stereocenters. The summed E-state index contributed by atoms with van der Waals surface area (Å²) >= 11 is 3.63. The molecule has 0 aliphatic carbocycles. The highest BCUT2D eigenvalue weighted by molar-refractivity contribution is 9.10. The molecule has 0 bridgehead atoms. The van der Waals surface area contributed by atoms with Crippen molar-refractivity contribution < 1.29 is 0 Å². The van der Waals surface area contributed by atoms with Crippen molar-refractivity contribution in [1.29, 1.82) is 0 Å². The van der Waals surface area contributed by atoms with Crippen LogP contribution >= 0.6 is 15.9 Å². The maximum Gasteiger partial charge on any atom is 0.0721 e. The SMILES string of the molecule is Cc1ccc(Br)c(C(NN)c2cccc(CC(C)C)c2)c1. The van der Waals surface area contributed by atoms with Crippen LogP contribution in [-0.4, -0.2) is 0 Å². The molecule has 112 valence electrons. The minimum atomic E-state index is -0.00797. The highest BCUT2D eigenvalue weighted by Crippen LogP contribution is 2.29. The Kier molecular flexibility index (Phi) is 5.57. The first-order valence-corrected chi connectivity index (χ1v) is 8.11. The van der Waals surface area contributed by atoms with Gasteiger partial charge in [-0.2, -0.15) is 0 Å². The second kappa shape index (κ2) is 7.21. The van der Waals surface area contributed by atoms with E-state index in [1.54, 1.807) is 0 Å². The third-order valence-corrected chi connectivity index (χ3v) is 4.28. The molecule has 0 heterocycles. The Labute approximate surface area is 135 Å². The molecule has 0 radical (unpaired) electrons. The van der Waals surface area contributed by atoms with Gasteiger partial charge < -0.3 is 0 Å². The van der Waals surface area contributed by atoms with Crippen LogP contribution in [0.3, 0.4) is 0 Å². The number of rotatable bonds is 5. The fraction of sp³-hybridized carbons (Fsp3) is 0.333. The van der Waals surface area contributed by atoms with Crippen LogP contribution in [0.25, 0.3) is 0 Å². The van der Waals surface area contributed by atoms with E-state index >= 15 is 0 Å². The van der Waals surface area contributed by atoms with Crippen LogP contribution in [0, 0.1) is 12.8 Å². The molecule has 0 spiro atoms. The molecular weight excluding hydrogens is 324 g/mol. The monoisotopic (exact) mass is 346 g/mol. The zero-order chi connectivity index (χ0) is 15.4. The van der Waals surface area contributed by atoms with Gasteiger partial charge in [0.1, 0.15) is 0 Å². The van der Waals surface area contributed by atoms with Crippen LogP contribution in [-0.2, 0) is 6.42 Å². The standard InChI is InChI=1S/C18H23BrN2/c1-12(2)9-14-5-4-6-15(11-14)18(21-20)16-10-13(3)7-8-17(16)19/h4-8,10-12,18,21H,9,20H2,1-3H3. The van der Waals surface area contributed by atoms with Crippen molar-refractivity contribution >= 4 is 15.9 Å². The van der Waals surface area contributed by atoms with E-state index in [2.05, 4.69) is 84.6 Å². The van der Waals surface area contributed by atoms with Crippen molar-refractivity contribution in [1.82, 2.24) is 5.43 Å². The second-order valence-electron chi connectivity index (χ2n) is 5.97. The Morgan fingerprint density at radius 2 is 1.90 bits per heavy atom. The second-order valence-corrected chi connectivity index (χ2v) is 6.82. The largest absolute Gasteiger partial charge is 0.271 e. The Balaban J connectivity index is 2.39. The molecular formula is C18H23BrN2. The number of aryl methyl sites for hydroxylation is 1. The maximum atomic E-state index is 5.84. The molecule has 0 aliphatic rings. The van der Waals surface area contributed by atoms with E-state index < -0.39 is 0 Å². The Morgan fingerprint density at radius 3 is 2.57 bits per heavy atom. The van der Waals surface area contributed by atoms with E-state index in [1.807, 2.05) is 0 Å². The highest BCUT2D eigenvalue weighted by Gasteiger charge is 2.16. The lowest BCUT2D eigenvalue weighted by Crippen LogP contribution is -2.29. The van der Waals surface area contributed by atoms with Gasteiger partial charge >= 0.3 is 0 Å². The third kappa shape index (κ3) is 4.16. The number of nitrogens with two attached hydrogens (primary N) is 1. The summed E-state index contributed by atoms with van der Waals surface area (Å²) in [6.45, 7) is 6.57. The van der Waals surface area contributed by atoms with Crippen LogP contribution in [0.15, 0.2) is 46.9 Å². The lowest BCUT2D eigenvalue weighted by atomic mass is 9.94. The van der Waals surface area contributed by atoms with Gasteiger partial charge in [-0.1, -0.05) is 71.7 Å². The van der Waals surface area contributed by atoms with Gasteiger partial charge in [-0.15, -0.1) is 0 Å². The fourth-order valence-corrected chi connectivity index (χ4v) is 3.10. The van der Waals surface area contributed by atoms with Crippen molar-refractivity contribution in [2.75, 3.05) is 0 Å². The van der Waals surface area contributed by atoms with Gasteiger partial charge in [0, 0.05) is 4.47 Å². The zero-order valence-corrected chi connectivity index (χ0v) is 14.4. The molecule has 2 aromatic carbocycles. The number of hydrogen-bond donors (Lipinski definition) is 2. The van der Waals surface area contributed by atoms with Crippen molar-refractivity contribution in [3.63, 3.8) is 0 Å².